The Kier molecular flexibility index (Phi) is 8.20. The predicted molar refractivity (Wildman–Crippen MR) is 152 cm³/mol. The number of Topliss-reactive ketones (excluding diaryl/α,β-unsaturated/α-hetero) is 2. The molecule has 3 saturated heterocycles. The number of methoxy groups -OCH3 is 1. The first kappa shape index (κ1) is 29.5. The molecule has 2 atom stereocenters. The molecule has 2 N–H and O–H groups in total. The number of nitrogens with zero attached hydrogens (tertiary/aromatic N) is 2. The van der Waals surface area contributed by atoms with E-state index in [1.54, 1.807) is 42.6 Å². The van der Waals surface area contributed by atoms with Gasteiger partial charge in [-0.25, -0.2) is 8.42 Å². The summed E-state index contributed by atoms with van der Waals surface area (Å²) < 4.78 is 32.7. The third kappa shape index (κ3) is 5.32. The lowest BCUT2D eigenvalue weighted by atomic mass is 9.92. The Hall–Kier alpha value is -4.03. The van der Waals surface area contributed by atoms with Crippen molar-refractivity contribution in [1.82, 2.24) is 20.4 Å². The Morgan fingerprint density at radius 1 is 1.05 bits per heavy atom. The third-order valence-electron chi connectivity index (χ3n) is 7.77. The van der Waals surface area contributed by atoms with Gasteiger partial charge in [0.25, 0.3) is 0 Å². The average molecular weight is 613 g/mol. The molecule has 3 aromatic rings. The molecule has 3 aliphatic rings. The van der Waals surface area contributed by atoms with E-state index in [0.29, 0.717) is 42.1 Å². The van der Waals surface area contributed by atoms with E-state index in [2.05, 4.69) is 15.5 Å². The van der Waals surface area contributed by atoms with Crippen molar-refractivity contribution in [2.24, 2.45) is 5.92 Å². The Morgan fingerprint density at radius 3 is 2.48 bits per heavy atom. The van der Waals surface area contributed by atoms with E-state index in [1.165, 1.54) is 24.1 Å². The molecule has 4 heterocycles. The molecular formula is C29H29ClN4O7S. The van der Waals surface area contributed by atoms with Crippen molar-refractivity contribution in [3.8, 4) is 17.0 Å². The summed E-state index contributed by atoms with van der Waals surface area (Å²) in [5.41, 5.74) is 2.19. The van der Waals surface area contributed by atoms with E-state index in [0.717, 1.165) is 11.3 Å². The number of H-pyrrole nitrogens is 1. The van der Waals surface area contributed by atoms with Gasteiger partial charge in [0, 0.05) is 49.5 Å². The standard InChI is InChI=1S/C23H20ClN3O5S.C6H9NO2/c1-32-20-7-4-17(24)11-15(20)10-16-13-27-21(28)12-23(27,22(16)29)33(30,31)18-5-2-14(3-6-18)19-8-9-25-26-19;8-5-1-2-6(9)7-4-3-5/h2-9,11,16H,10,12-13H2,1H3,(H,25,26);1-4H2,(H,7,9). The normalized spacial score (nSPS) is 22.0. The molecule has 2 unspecified atom stereocenters. The summed E-state index contributed by atoms with van der Waals surface area (Å²) in [7, 11) is -2.63. The fourth-order valence-corrected chi connectivity index (χ4v) is 7.82. The van der Waals surface area contributed by atoms with Gasteiger partial charge in [-0.1, -0.05) is 23.7 Å². The van der Waals surface area contributed by atoms with Gasteiger partial charge in [0.1, 0.15) is 11.5 Å². The first-order valence-corrected chi connectivity index (χ1v) is 15.2. The molecule has 0 spiro atoms. The van der Waals surface area contributed by atoms with Crippen LogP contribution in [0.2, 0.25) is 5.02 Å². The van der Waals surface area contributed by atoms with Gasteiger partial charge in [0.05, 0.1) is 24.1 Å². The summed E-state index contributed by atoms with van der Waals surface area (Å²) in [5.74, 6) is -0.750. The zero-order valence-electron chi connectivity index (χ0n) is 22.8. The lowest BCUT2D eigenvalue weighted by Crippen LogP contribution is -2.67. The van der Waals surface area contributed by atoms with Gasteiger partial charge in [-0.3, -0.25) is 24.3 Å². The number of halogens is 1. The van der Waals surface area contributed by atoms with Crippen LogP contribution in [-0.2, 0) is 35.4 Å². The van der Waals surface area contributed by atoms with Crippen molar-refractivity contribution in [3.05, 3.63) is 65.3 Å². The minimum absolute atomic E-state index is 0.000787. The van der Waals surface area contributed by atoms with Gasteiger partial charge in [0.15, 0.2) is 5.78 Å². The number of carbonyl (C=O) groups excluding carboxylic acids is 4. The molecule has 0 bridgehead atoms. The number of fused-ring (bicyclic) bond motifs is 1. The van der Waals surface area contributed by atoms with Crippen LogP contribution >= 0.6 is 11.6 Å². The maximum atomic E-state index is 13.7. The fraction of sp³-hybridized carbons (Fsp3) is 0.345. The van der Waals surface area contributed by atoms with E-state index in [9.17, 15) is 27.6 Å². The molecule has 0 aliphatic carbocycles. The summed E-state index contributed by atoms with van der Waals surface area (Å²) in [5, 5.41) is 9.81. The SMILES string of the molecule is COc1ccc(Cl)cc1CC1CN2C(=O)CC2(S(=O)(=O)c2ccc(-c3ccn[nH]3)cc2)C1=O.O=C1CCNC(=O)CC1. The summed E-state index contributed by atoms with van der Waals surface area (Å²) in [6.45, 7) is 0.566. The molecular weight excluding hydrogens is 584 g/mol. The minimum Gasteiger partial charge on any atom is -0.496 e. The molecule has 220 valence electrons. The zero-order valence-corrected chi connectivity index (χ0v) is 24.3. The Bertz CT molecular complexity index is 1620. The van der Waals surface area contributed by atoms with Crippen molar-refractivity contribution < 1.29 is 32.3 Å². The maximum absolute atomic E-state index is 13.7. The highest BCUT2D eigenvalue weighted by Gasteiger charge is 2.70. The Labute approximate surface area is 247 Å². The average Bonchev–Trinajstić information content (AvgIpc) is 3.53. The van der Waals surface area contributed by atoms with Crippen molar-refractivity contribution in [2.75, 3.05) is 20.2 Å². The number of aromatic nitrogens is 2. The van der Waals surface area contributed by atoms with E-state index in [4.69, 9.17) is 16.3 Å². The van der Waals surface area contributed by atoms with Crippen molar-refractivity contribution in [3.63, 3.8) is 0 Å². The number of benzene rings is 2. The van der Waals surface area contributed by atoms with Crippen LogP contribution in [-0.4, -0.2) is 72.0 Å². The second kappa shape index (κ2) is 11.7. The first-order chi connectivity index (χ1) is 20.1. The van der Waals surface area contributed by atoms with Gasteiger partial charge >= 0.3 is 0 Å². The van der Waals surface area contributed by atoms with Crippen molar-refractivity contribution >= 4 is 44.8 Å². The first-order valence-electron chi connectivity index (χ1n) is 13.4. The van der Waals surface area contributed by atoms with E-state index >= 15 is 0 Å². The number of amides is 2. The Morgan fingerprint density at radius 2 is 1.81 bits per heavy atom. The molecule has 0 saturated carbocycles. The van der Waals surface area contributed by atoms with E-state index in [1.807, 2.05) is 0 Å². The van der Waals surface area contributed by atoms with Gasteiger partial charge in [0.2, 0.25) is 26.5 Å². The van der Waals surface area contributed by atoms with Crippen LogP contribution in [0.1, 0.15) is 31.2 Å². The van der Waals surface area contributed by atoms with Gasteiger partial charge in [-0.2, -0.15) is 5.10 Å². The molecule has 11 nitrogen and oxygen atoms in total. The van der Waals surface area contributed by atoms with Crippen molar-refractivity contribution in [2.45, 2.75) is 41.9 Å². The number of carbonyl (C=O) groups is 4. The van der Waals surface area contributed by atoms with Crippen LogP contribution in [0.15, 0.2) is 59.6 Å². The number of hydrogen-bond acceptors (Lipinski definition) is 8. The third-order valence-corrected chi connectivity index (χ3v) is 10.4. The number of ketones is 2. The number of β-lactam (4-membered cyclic amide) rings is 1. The molecule has 42 heavy (non-hydrogen) atoms. The molecule has 3 aliphatic heterocycles. The van der Waals surface area contributed by atoms with Crippen LogP contribution in [0, 0.1) is 5.92 Å². The summed E-state index contributed by atoms with van der Waals surface area (Å²) in [6, 6.07) is 13.1. The molecule has 13 heteroatoms. The summed E-state index contributed by atoms with van der Waals surface area (Å²) in [6.07, 6.45) is 2.78. The van der Waals surface area contributed by atoms with Crippen LogP contribution in [0.4, 0.5) is 0 Å². The number of sulfone groups is 1. The molecule has 1 aromatic heterocycles. The monoisotopic (exact) mass is 612 g/mol. The molecule has 3 fully saturated rings. The van der Waals surface area contributed by atoms with Crippen LogP contribution in [0.25, 0.3) is 11.3 Å². The Balaban J connectivity index is 0.000000336. The topological polar surface area (TPSA) is 156 Å². The number of aromatic amines is 1. The highest BCUT2D eigenvalue weighted by atomic mass is 35.5. The van der Waals surface area contributed by atoms with Crippen LogP contribution < -0.4 is 10.1 Å². The van der Waals surface area contributed by atoms with Gasteiger partial charge < -0.3 is 15.0 Å². The lowest BCUT2D eigenvalue weighted by molar-refractivity contribution is -0.150. The summed E-state index contributed by atoms with van der Waals surface area (Å²) >= 11 is 6.11. The second-order valence-corrected chi connectivity index (χ2v) is 12.9. The number of ether oxygens (including phenoxy) is 1. The predicted octanol–water partition coefficient (Wildman–Crippen LogP) is 2.74. The zero-order chi connectivity index (χ0) is 30.1. The van der Waals surface area contributed by atoms with Gasteiger partial charge in [-0.15, -0.1) is 0 Å². The maximum Gasteiger partial charge on any atom is 0.228 e. The van der Waals surface area contributed by atoms with Crippen LogP contribution in [0.3, 0.4) is 0 Å². The molecule has 2 amide bonds. The lowest BCUT2D eigenvalue weighted by Gasteiger charge is -2.44. The molecule has 0 radical (unpaired) electrons. The minimum atomic E-state index is -4.14. The van der Waals surface area contributed by atoms with Gasteiger partial charge in [-0.05, 0) is 53.9 Å². The molecule has 2 aromatic carbocycles. The molecule has 6 rings (SSSR count). The number of hydrogen-bond donors (Lipinski definition) is 2. The largest absolute Gasteiger partial charge is 0.496 e. The fourth-order valence-electron chi connectivity index (χ4n) is 5.53. The van der Waals surface area contributed by atoms with Crippen LogP contribution in [0.5, 0.6) is 5.75 Å². The quantitative estimate of drug-likeness (QED) is 0.403. The smallest absolute Gasteiger partial charge is 0.228 e. The highest BCUT2D eigenvalue weighted by Crippen LogP contribution is 2.49. The number of rotatable bonds is 6. The number of nitrogens with one attached hydrogen (secondary N) is 2. The van der Waals surface area contributed by atoms with Crippen molar-refractivity contribution in [1.29, 1.82) is 0 Å². The summed E-state index contributed by atoms with van der Waals surface area (Å²) in [4.78, 5) is 46.5. The van der Waals surface area contributed by atoms with E-state index < -0.39 is 26.4 Å². The highest BCUT2D eigenvalue weighted by molar-refractivity contribution is 7.93. The second-order valence-electron chi connectivity index (χ2n) is 10.3. The van der Waals surface area contributed by atoms with E-state index in [-0.39, 0.29) is 41.9 Å².